The predicted molar refractivity (Wildman–Crippen MR) is 57.1 cm³/mol. The maximum Gasteiger partial charge on any atom is 0.221 e. The van der Waals surface area contributed by atoms with Crippen LogP contribution in [-0.4, -0.2) is 12.5 Å². The molecule has 5 heteroatoms. The average Bonchev–Trinajstić information content (AvgIpc) is 2.52. The molecule has 1 aromatic rings. The Hall–Kier alpha value is -0.910. The van der Waals surface area contributed by atoms with Crippen LogP contribution >= 0.6 is 11.3 Å². The monoisotopic (exact) mass is 214 g/mol. The molecule has 0 aliphatic rings. The molecular formula is C9H14N2O2S. The molecule has 0 saturated heterocycles. The van der Waals surface area contributed by atoms with Gasteiger partial charge in [-0.2, -0.15) is 5.48 Å². The van der Waals surface area contributed by atoms with E-state index in [2.05, 4.69) is 10.8 Å². The minimum atomic E-state index is -0.0546. The van der Waals surface area contributed by atoms with Crippen LogP contribution in [0.15, 0.2) is 11.4 Å². The summed E-state index contributed by atoms with van der Waals surface area (Å²) in [5.74, 6) is -0.0546. The Kier molecular flexibility index (Phi) is 4.58. The lowest BCUT2D eigenvalue weighted by Gasteiger charge is -2.05. The summed E-state index contributed by atoms with van der Waals surface area (Å²) in [4.78, 5) is 16.9. The van der Waals surface area contributed by atoms with E-state index in [0.717, 1.165) is 10.6 Å². The number of thiophene rings is 1. The van der Waals surface area contributed by atoms with E-state index < -0.39 is 0 Å². The van der Waals surface area contributed by atoms with Crippen LogP contribution in [0.5, 0.6) is 0 Å². The summed E-state index contributed by atoms with van der Waals surface area (Å²) in [6, 6.07) is 1.88. The predicted octanol–water partition coefficient (Wildman–Crippen LogP) is 1.75. The van der Waals surface area contributed by atoms with E-state index in [4.69, 9.17) is 4.84 Å². The normalized spacial score (nSPS) is 10.1. The van der Waals surface area contributed by atoms with Gasteiger partial charge in [-0.15, -0.1) is 11.3 Å². The second-order valence-corrected chi connectivity index (χ2v) is 3.69. The maximum atomic E-state index is 10.8. The van der Waals surface area contributed by atoms with Crippen molar-refractivity contribution in [1.82, 2.24) is 5.48 Å². The first-order valence-electron chi connectivity index (χ1n) is 4.42. The quantitative estimate of drug-likeness (QED) is 0.580. The molecule has 1 rings (SSSR count). The van der Waals surface area contributed by atoms with Gasteiger partial charge in [-0.1, -0.05) is 0 Å². The average molecular weight is 214 g/mol. The minimum absolute atomic E-state index is 0.0546. The zero-order chi connectivity index (χ0) is 10.4. The largest absolute Gasteiger partial charge is 0.325 e. The third-order valence-electron chi connectivity index (χ3n) is 1.54. The van der Waals surface area contributed by atoms with E-state index in [9.17, 15) is 4.79 Å². The van der Waals surface area contributed by atoms with Gasteiger partial charge in [-0.05, 0) is 18.4 Å². The molecule has 0 atom stereocenters. The maximum absolute atomic E-state index is 10.8. The van der Waals surface area contributed by atoms with Gasteiger partial charge < -0.3 is 10.2 Å². The molecule has 1 heterocycles. The molecule has 0 fully saturated rings. The number of nitrogens with one attached hydrogen (secondary N) is 2. The molecule has 78 valence electrons. The molecule has 1 aromatic heterocycles. The molecule has 4 nitrogen and oxygen atoms in total. The lowest BCUT2D eigenvalue weighted by molar-refractivity contribution is -0.114. The van der Waals surface area contributed by atoms with Crippen molar-refractivity contribution >= 4 is 22.9 Å². The summed E-state index contributed by atoms with van der Waals surface area (Å²) in [5.41, 5.74) is 3.67. The van der Waals surface area contributed by atoms with Crippen LogP contribution in [0.25, 0.3) is 0 Å². The van der Waals surface area contributed by atoms with Crippen molar-refractivity contribution < 1.29 is 9.63 Å². The Bertz CT molecular complexity index is 299. The number of amides is 1. The van der Waals surface area contributed by atoms with Crippen molar-refractivity contribution in [1.29, 1.82) is 0 Å². The molecular weight excluding hydrogens is 200 g/mol. The first-order valence-corrected chi connectivity index (χ1v) is 5.30. The standard InChI is InChI=1S/C9H14N2O2S/c1-3-13-10-6-9-8(4-5-14-9)11-7(2)12/h4-5,10H,3,6H2,1-2H3,(H,11,12). The van der Waals surface area contributed by atoms with Crippen LogP contribution < -0.4 is 10.8 Å². The van der Waals surface area contributed by atoms with Crippen molar-refractivity contribution in [2.75, 3.05) is 11.9 Å². The van der Waals surface area contributed by atoms with Crippen molar-refractivity contribution in [3.05, 3.63) is 16.3 Å². The highest BCUT2D eigenvalue weighted by Crippen LogP contribution is 2.21. The van der Waals surface area contributed by atoms with Crippen LogP contribution in [0.3, 0.4) is 0 Å². The van der Waals surface area contributed by atoms with Gasteiger partial charge in [0.1, 0.15) is 0 Å². The van der Waals surface area contributed by atoms with Crippen LogP contribution in [0.4, 0.5) is 5.69 Å². The Labute approximate surface area is 87.2 Å². The molecule has 0 radical (unpaired) electrons. The molecule has 1 amide bonds. The van der Waals surface area contributed by atoms with Crippen LogP contribution in [0, 0.1) is 0 Å². The van der Waals surface area contributed by atoms with Gasteiger partial charge in [0, 0.05) is 11.8 Å². The molecule has 0 unspecified atom stereocenters. The number of rotatable bonds is 5. The summed E-state index contributed by atoms with van der Waals surface area (Å²) in [6.07, 6.45) is 0. The van der Waals surface area contributed by atoms with Crippen LogP contribution in [-0.2, 0) is 16.2 Å². The van der Waals surface area contributed by atoms with E-state index in [1.807, 2.05) is 18.4 Å². The summed E-state index contributed by atoms with van der Waals surface area (Å²) in [6.45, 7) is 4.65. The SMILES string of the molecule is CCONCc1sccc1NC(C)=O. The van der Waals surface area contributed by atoms with Crippen LogP contribution in [0.2, 0.25) is 0 Å². The fourth-order valence-corrected chi connectivity index (χ4v) is 1.75. The molecule has 0 spiro atoms. The second kappa shape index (κ2) is 5.74. The Morgan fingerprint density at radius 1 is 1.64 bits per heavy atom. The van der Waals surface area contributed by atoms with Crippen molar-refractivity contribution in [3.63, 3.8) is 0 Å². The van der Waals surface area contributed by atoms with Gasteiger partial charge in [0.15, 0.2) is 0 Å². The van der Waals surface area contributed by atoms with Gasteiger partial charge >= 0.3 is 0 Å². The summed E-state index contributed by atoms with van der Waals surface area (Å²) >= 11 is 1.58. The molecule has 0 saturated carbocycles. The number of carbonyl (C=O) groups excluding carboxylic acids is 1. The molecule has 0 aliphatic carbocycles. The Morgan fingerprint density at radius 2 is 2.43 bits per heavy atom. The summed E-state index contributed by atoms with van der Waals surface area (Å²) in [5, 5.41) is 4.69. The van der Waals surface area contributed by atoms with E-state index in [1.54, 1.807) is 11.3 Å². The number of anilines is 1. The highest BCUT2D eigenvalue weighted by atomic mass is 32.1. The number of carbonyl (C=O) groups is 1. The van der Waals surface area contributed by atoms with E-state index in [1.165, 1.54) is 6.92 Å². The summed E-state index contributed by atoms with van der Waals surface area (Å²) in [7, 11) is 0. The fraction of sp³-hybridized carbons (Fsp3) is 0.444. The first-order chi connectivity index (χ1) is 6.74. The summed E-state index contributed by atoms with van der Waals surface area (Å²) < 4.78 is 0. The second-order valence-electron chi connectivity index (χ2n) is 2.69. The fourth-order valence-electron chi connectivity index (χ4n) is 0.997. The number of hydroxylamine groups is 1. The molecule has 0 aromatic carbocycles. The van der Waals surface area contributed by atoms with Crippen LogP contribution in [0.1, 0.15) is 18.7 Å². The van der Waals surface area contributed by atoms with Crippen molar-refractivity contribution in [3.8, 4) is 0 Å². The van der Waals surface area contributed by atoms with Crippen molar-refractivity contribution in [2.45, 2.75) is 20.4 Å². The minimum Gasteiger partial charge on any atom is -0.325 e. The van der Waals surface area contributed by atoms with Gasteiger partial charge in [-0.25, -0.2) is 0 Å². The highest BCUT2D eigenvalue weighted by molar-refractivity contribution is 7.10. The third kappa shape index (κ3) is 3.45. The Balaban J connectivity index is 2.49. The van der Waals surface area contributed by atoms with Gasteiger partial charge in [0.2, 0.25) is 5.91 Å². The first kappa shape index (κ1) is 11.2. The van der Waals surface area contributed by atoms with Gasteiger partial charge in [0.05, 0.1) is 18.8 Å². The van der Waals surface area contributed by atoms with E-state index in [-0.39, 0.29) is 5.91 Å². The van der Waals surface area contributed by atoms with E-state index >= 15 is 0 Å². The lowest BCUT2D eigenvalue weighted by atomic mass is 10.4. The molecule has 0 bridgehead atoms. The lowest BCUT2D eigenvalue weighted by Crippen LogP contribution is -2.14. The van der Waals surface area contributed by atoms with Crippen molar-refractivity contribution in [2.24, 2.45) is 0 Å². The number of hydrogen-bond acceptors (Lipinski definition) is 4. The van der Waals surface area contributed by atoms with Gasteiger partial charge in [-0.3, -0.25) is 4.79 Å². The zero-order valence-corrected chi connectivity index (χ0v) is 9.11. The Morgan fingerprint density at radius 3 is 3.07 bits per heavy atom. The van der Waals surface area contributed by atoms with E-state index in [0.29, 0.717) is 13.2 Å². The molecule has 0 aliphatic heterocycles. The number of hydrogen-bond donors (Lipinski definition) is 2. The third-order valence-corrected chi connectivity index (χ3v) is 2.46. The highest BCUT2D eigenvalue weighted by Gasteiger charge is 2.04. The smallest absolute Gasteiger partial charge is 0.221 e. The zero-order valence-electron chi connectivity index (χ0n) is 8.29. The molecule has 2 N–H and O–H groups in total. The van der Waals surface area contributed by atoms with Gasteiger partial charge in [0.25, 0.3) is 0 Å². The topological polar surface area (TPSA) is 50.4 Å². The molecule has 14 heavy (non-hydrogen) atoms.